The number of hydrogen-bond acceptors (Lipinski definition) is 4. The molecule has 4 nitrogen and oxygen atoms in total. The maximum absolute atomic E-state index is 10.5. The molecular weight excluding hydrogens is 184 g/mol. The van der Waals surface area contributed by atoms with E-state index in [2.05, 4.69) is 0 Å². The van der Waals surface area contributed by atoms with Gasteiger partial charge in [0.1, 0.15) is 0 Å². The fourth-order valence-corrected chi connectivity index (χ4v) is 1.81. The predicted octanol–water partition coefficient (Wildman–Crippen LogP) is 0.527. The van der Waals surface area contributed by atoms with Crippen LogP contribution >= 0.6 is 0 Å². The first kappa shape index (κ1) is 11.2. The van der Waals surface area contributed by atoms with Gasteiger partial charge in [-0.15, -0.1) is 0 Å². The molecular formula is C10H16O4. The average Bonchev–Trinajstić information content (AvgIpc) is 2.26. The minimum Gasteiger partial charge on any atom is -0.460 e. The number of esters is 1. The lowest BCUT2D eigenvalue weighted by molar-refractivity contribution is -0.150. The maximum atomic E-state index is 10.5. The Morgan fingerprint density at radius 3 is 2.36 bits per heavy atom. The summed E-state index contributed by atoms with van der Waals surface area (Å²) >= 11 is 0. The Hall–Kier alpha value is -0.900. The van der Waals surface area contributed by atoms with Crippen molar-refractivity contribution in [1.29, 1.82) is 0 Å². The van der Waals surface area contributed by atoms with Crippen LogP contribution in [0.5, 0.6) is 0 Å². The molecule has 0 amide bonds. The number of carbonyl (C=O) groups is 2. The topological polar surface area (TPSA) is 63.6 Å². The fourth-order valence-electron chi connectivity index (χ4n) is 1.81. The van der Waals surface area contributed by atoms with Gasteiger partial charge in [-0.3, -0.25) is 4.79 Å². The standard InChI is InChI=1S/C10H16O4/c11-5-8-1-3-9(4-2-8)7-14-10(13)6-12/h6,8-9,11H,1-5,7H2. The van der Waals surface area contributed by atoms with E-state index in [0.29, 0.717) is 18.4 Å². The molecule has 0 unspecified atom stereocenters. The van der Waals surface area contributed by atoms with Gasteiger partial charge in [0.15, 0.2) is 0 Å². The minimum absolute atomic E-state index is 0.194. The highest BCUT2D eigenvalue weighted by molar-refractivity contribution is 6.20. The van der Waals surface area contributed by atoms with Crippen molar-refractivity contribution in [1.82, 2.24) is 0 Å². The summed E-state index contributed by atoms with van der Waals surface area (Å²) in [5, 5.41) is 8.90. The van der Waals surface area contributed by atoms with Gasteiger partial charge in [0.2, 0.25) is 6.29 Å². The molecule has 0 spiro atoms. The quantitative estimate of drug-likeness (QED) is 0.408. The van der Waals surface area contributed by atoms with Gasteiger partial charge in [-0.1, -0.05) is 0 Å². The Morgan fingerprint density at radius 1 is 1.29 bits per heavy atom. The Kier molecular flexibility index (Phi) is 4.59. The molecule has 1 aliphatic carbocycles. The number of aldehydes is 1. The van der Waals surface area contributed by atoms with E-state index in [1.807, 2.05) is 0 Å². The second-order valence-electron chi connectivity index (χ2n) is 3.82. The summed E-state index contributed by atoms with van der Waals surface area (Å²) in [6.45, 7) is 0.594. The molecule has 0 saturated heterocycles. The van der Waals surface area contributed by atoms with E-state index in [1.165, 1.54) is 0 Å². The highest BCUT2D eigenvalue weighted by atomic mass is 16.5. The van der Waals surface area contributed by atoms with Crippen molar-refractivity contribution >= 4 is 12.3 Å². The first-order valence-electron chi connectivity index (χ1n) is 4.99. The highest BCUT2D eigenvalue weighted by Crippen LogP contribution is 2.28. The zero-order chi connectivity index (χ0) is 10.4. The van der Waals surface area contributed by atoms with Crippen molar-refractivity contribution in [3.63, 3.8) is 0 Å². The normalized spacial score (nSPS) is 26.9. The van der Waals surface area contributed by atoms with Crippen LogP contribution in [-0.4, -0.2) is 30.6 Å². The predicted molar refractivity (Wildman–Crippen MR) is 49.6 cm³/mol. The molecule has 0 aromatic heterocycles. The van der Waals surface area contributed by atoms with Crippen LogP contribution in [0.2, 0.25) is 0 Å². The van der Waals surface area contributed by atoms with Crippen molar-refractivity contribution in [2.75, 3.05) is 13.2 Å². The molecule has 1 saturated carbocycles. The first-order chi connectivity index (χ1) is 6.76. The van der Waals surface area contributed by atoms with Crippen molar-refractivity contribution in [3.05, 3.63) is 0 Å². The van der Waals surface area contributed by atoms with Gasteiger partial charge in [0.25, 0.3) is 0 Å². The van der Waals surface area contributed by atoms with E-state index in [9.17, 15) is 9.59 Å². The molecule has 1 rings (SSSR count). The van der Waals surface area contributed by atoms with Crippen molar-refractivity contribution in [3.8, 4) is 0 Å². The highest BCUT2D eigenvalue weighted by Gasteiger charge is 2.21. The summed E-state index contributed by atoms with van der Waals surface area (Å²) in [5.74, 6) is -0.0102. The molecule has 4 heteroatoms. The third-order valence-electron chi connectivity index (χ3n) is 2.78. The summed E-state index contributed by atoms with van der Waals surface area (Å²) < 4.78 is 4.73. The molecule has 1 N–H and O–H groups in total. The van der Waals surface area contributed by atoms with Gasteiger partial charge in [-0.05, 0) is 37.5 Å². The lowest BCUT2D eigenvalue weighted by Crippen LogP contribution is -2.22. The molecule has 0 radical (unpaired) electrons. The Bertz CT molecular complexity index is 194. The van der Waals surface area contributed by atoms with Crippen LogP contribution in [0.4, 0.5) is 0 Å². The van der Waals surface area contributed by atoms with Gasteiger partial charge in [-0.2, -0.15) is 0 Å². The molecule has 80 valence electrons. The SMILES string of the molecule is O=CC(=O)OCC1CCC(CO)CC1. The fraction of sp³-hybridized carbons (Fsp3) is 0.800. The first-order valence-corrected chi connectivity index (χ1v) is 4.99. The van der Waals surface area contributed by atoms with Crippen LogP contribution in [0.3, 0.4) is 0 Å². The van der Waals surface area contributed by atoms with Gasteiger partial charge < -0.3 is 9.84 Å². The number of aliphatic hydroxyl groups is 1. The number of ether oxygens (including phenoxy) is 1. The molecule has 0 aromatic carbocycles. The number of rotatable bonds is 4. The van der Waals surface area contributed by atoms with Gasteiger partial charge >= 0.3 is 5.97 Å². The van der Waals surface area contributed by atoms with E-state index < -0.39 is 5.97 Å². The third-order valence-corrected chi connectivity index (χ3v) is 2.78. The molecule has 0 aromatic rings. The van der Waals surface area contributed by atoms with Gasteiger partial charge in [-0.25, -0.2) is 4.79 Å². The zero-order valence-corrected chi connectivity index (χ0v) is 8.15. The average molecular weight is 200 g/mol. The number of hydrogen-bond donors (Lipinski definition) is 1. The summed E-state index contributed by atoms with van der Waals surface area (Å²) in [6, 6.07) is 0. The van der Waals surface area contributed by atoms with Crippen LogP contribution in [0.25, 0.3) is 0 Å². The van der Waals surface area contributed by atoms with Crippen LogP contribution in [0.15, 0.2) is 0 Å². The molecule has 0 bridgehead atoms. The van der Waals surface area contributed by atoms with Crippen molar-refractivity contribution < 1.29 is 19.4 Å². The zero-order valence-electron chi connectivity index (χ0n) is 8.15. The second-order valence-corrected chi connectivity index (χ2v) is 3.82. The largest absolute Gasteiger partial charge is 0.460 e. The summed E-state index contributed by atoms with van der Waals surface area (Å²) in [4.78, 5) is 20.5. The Morgan fingerprint density at radius 2 is 1.86 bits per heavy atom. The van der Waals surface area contributed by atoms with Crippen LogP contribution in [-0.2, 0) is 14.3 Å². The second kappa shape index (κ2) is 5.75. The van der Waals surface area contributed by atoms with Crippen LogP contribution in [0, 0.1) is 11.8 Å². The molecule has 0 heterocycles. The van der Waals surface area contributed by atoms with Gasteiger partial charge in [0, 0.05) is 6.61 Å². The number of carbonyl (C=O) groups excluding carboxylic acids is 2. The van der Waals surface area contributed by atoms with E-state index in [1.54, 1.807) is 0 Å². The summed E-state index contributed by atoms with van der Waals surface area (Å²) in [6.07, 6.45) is 4.10. The van der Waals surface area contributed by atoms with Crippen LogP contribution < -0.4 is 0 Å². The third kappa shape index (κ3) is 3.46. The molecule has 1 aliphatic rings. The molecule has 14 heavy (non-hydrogen) atoms. The van der Waals surface area contributed by atoms with E-state index in [0.717, 1.165) is 25.7 Å². The maximum Gasteiger partial charge on any atom is 0.371 e. The lowest BCUT2D eigenvalue weighted by Gasteiger charge is -2.26. The minimum atomic E-state index is -0.783. The Balaban J connectivity index is 2.16. The Labute approximate surface area is 83.2 Å². The molecule has 0 atom stereocenters. The van der Waals surface area contributed by atoms with Gasteiger partial charge in [0.05, 0.1) is 6.61 Å². The smallest absolute Gasteiger partial charge is 0.371 e. The summed E-state index contributed by atoms with van der Waals surface area (Å²) in [7, 11) is 0. The lowest BCUT2D eigenvalue weighted by atomic mass is 9.83. The monoisotopic (exact) mass is 200 g/mol. The van der Waals surface area contributed by atoms with Crippen molar-refractivity contribution in [2.45, 2.75) is 25.7 Å². The molecule has 0 aliphatic heterocycles. The van der Waals surface area contributed by atoms with E-state index in [-0.39, 0.29) is 12.9 Å². The molecule has 1 fully saturated rings. The van der Waals surface area contributed by atoms with E-state index >= 15 is 0 Å². The summed E-state index contributed by atoms with van der Waals surface area (Å²) in [5.41, 5.74) is 0. The number of aliphatic hydroxyl groups excluding tert-OH is 1. The van der Waals surface area contributed by atoms with Crippen LogP contribution in [0.1, 0.15) is 25.7 Å². The van der Waals surface area contributed by atoms with E-state index in [4.69, 9.17) is 9.84 Å². The van der Waals surface area contributed by atoms with Crippen molar-refractivity contribution in [2.24, 2.45) is 11.8 Å².